The largest absolute Gasteiger partial charge is 0.370 e. The highest BCUT2D eigenvalue weighted by Crippen LogP contribution is 2.18. The average Bonchev–Trinajstić information content (AvgIpc) is 3.16. The number of amides is 3. The minimum absolute atomic E-state index is 0.273. The molecular formula is C41H51N13O3. The number of aromatic nitrogens is 1. The Bertz CT molecular complexity index is 2070. The monoisotopic (exact) mass is 773 g/mol. The number of carbonyl (C=O) groups excluding carboxylic acids is 3. The van der Waals surface area contributed by atoms with Gasteiger partial charge in [0.25, 0.3) is 17.7 Å². The predicted molar refractivity (Wildman–Crippen MR) is 221 cm³/mol. The number of fused-ring (bicyclic) bond motifs is 2. The summed E-state index contributed by atoms with van der Waals surface area (Å²) in [6, 6.07) is 28.2. The second-order valence-corrected chi connectivity index (χ2v) is 14.0. The number of nitrogens with zero attached hydrogens (tertiary/aromatic N) is 7. The molecule has 16 heteroatoms. The summed E-state index contributed by atoms with van der Waals surface area (Å²) in [5, 5.41) is 0. The van der Waals surface area contributed by atoms with Crippen LogP contribution in [0.2, 0.25) is 0 Å². The molecule has 57 heavy (non-hydrogen) atoms. The molecule has 16 nitrogen and oxygen atoms in total. The van der Waals surface area contributed by atoms with Crippen molar-refractivity contribution >= 4 is 35.6 Å². The molecule has 0 spiro atoms. The van der Waals surface area contributed by atoms with E-state index in [1.165, 1.54) is 0 Å². The van der Waals surface area contributed by atoms with E-state index in [-0.39, 0.29) is 17.9 Å². The van der Waals surface area contributed by atoms with Crippen LogP contribution in [0.15, 0.2) is 106 Å². The van der Waals surface area contributed by atoms with Gasteiger partial charge < -0.3 is 34.4 Å². The van der Waals surface area contributed by atoms with Crippen LogP contribution in [0.25, 0.3) is 0 Å². The number of hydrogen-bond donors (Lipinski definition) is 6. The Labute approximate surface area is 332 Å². The summed E-state index contributed by atoms with van der Waals surface area (Å²) >= 11 is 0. The molecule has 0 saturated heterocycles. The molecule has 0 saturated carbocycles. The maximum Gasteiger partial charge on any atom is 0.280 e. The second-order valence-electron chi connectivity index (χ2n) is 14.0. The lowest BCUT2D eigenvalue weighted by Gasteiger charge is -2.26. The Hall–Kier alpha value is -6.49. The van der Waals surface area contributed by atoms with Crippen LogP contribution < -0.4 is 34.4 Å². The van der Waals surface area contributed by atoms with E-state index in [0.717, 1.165) is 73.5 Å². The molecule has 3 amide bonds. The lowest BCUT2D eigenvalue weighted by Crippen LogP contribution is -2.31. The number of hydrogen-bond acceptors (Lipinski definition) is 7. The van der Waals surface area contributed by atoms with Gasteiger partial charge in [0, 0.05) is 56.0 Å². The van der Waals surface area contributed by atoms with E-state index in [0.29, 0.717) is 49.4 Å². The Morgan fingerprint density at radius 3 is 1.14 bits per heavy atom. The van der Waals surface area contributed by atoms with Gasteiger partial charge in [-0.05, 0) is 104 Å². The number of guanidine groups is 3. The Morgan fingerprint density at radius 1 is 0.456 bits per heavy atom. The van der Waals surface area contributed by atoms with E-state index in [4.69, 9.17) is 39.4 Å². The van der Waals surface area contributed by atoms with Crippen molar-refractivity contribution in [2.75, 3.05) is 26.2 Å². The lowest BCUT2D eigenvalue weighted by molar-refractivity contribution is 0.0994. The van der Waals surface area contributed by atoms with Crippen LogP contribution >= 0.6 is 0 Å². The molecule has 2 bridgehead atoms. The third-order valence-electron chi connectivity index (χ3n) is 9.30. The van der Waals surface area contributed by atoms with Gasteiger partial charge in [0.05, 0.1) is 11.4 Å². The first-order valence-corrected chi connectivity index (χ1v) is 18.7. The van der Waals surface area contributed by atoms with Crippen molar-refractivity contribution in [3.05, 3.63) is 136 Å². The molecule has 298 valence electrons. The van der Waals surface area contributed by atoms with E-state index in [1.54, 1.807) is 36.4 Å². The van der Waals surface area contributed by atoms with Crippen LogP contribution in [0.1, 0.15) is 78.4 Å². The summed E-state index contributed by atoms with van der Waals surface area (Å²) in [4.78, 5) is 60.3. The van der Waals surface area contributed by atoms with Crippen LogP contribution in [0.5, 0.6) is 0 Å². The third kappa shape index (κ3) is 13.6. The quantitative estimate of drug-likeness (QED) is 0.105. The van der Waals surface area contributed by atoms with Gasteiger partial charge in [-0.25, -0.2) is 0 Å². The molecule has 4 aromatic rings. The number of rotatable bonds is 9. The number of nitrogens with two attached hydrogens (primary N) is 6. The van der Waals surface area contributed by atoms with Gasteiger partial charge >= 0.3 is 0 Å². The van der Waals surface area contributed by atoms with Crippen LogP contribution in [-0.4, -0.2) is 81.5 Å². The summed E-state index contributed by atoms with van der Waals surface area (Å²) in [6.45, 7) is 6.63. The van der Waals surface area contributed by atoms with Gasteiger partial charge in [-0.15, -0.1) is 0 Å². The first kappa shape index (κ1) is 41.7. The third-order valence-corrected chi connectivity index (χ3v) is 9.30. The molecule has 5 rings (SSSR count). The number of aliphatic imine (C=N–C) groups is 3. The van der Waals surface area contributed by atoms with E-state index in [1.807, 2.05) is 36.4 Å². The topological polar surface area (TPSA) is 267 Å². The molecule has 2 heterocycles. The predicted octanol–water partition coefficient (Wildman–Crippen LogP) is 2.01. The van der Waals surface area contributed by atoms with Crippen molar-refractivity contribution in [1.29, 1.82) is 0 Å². The molecule has 1 aliphatic heterocycles. The van der Waals surface area contributed by atoms with Gasteiger partial charge in [-0.3, -0.25) is 34.1 Å². The van der Waals surface area contributed by atoms with Crippen molar-refractivity contribution in [3.8, 4) is 0 Å². The number of benzene rings is 3. The van der Waals surface area contributed by atoms with Crippen LogP contribution in [0, 0.1) is 0 Å². The minimum atomic E-state index is -0.490. The van der Waals surface area contributed by atoms with Gasteiger partial charge in [0.2, 0.25) is 0 Å². The first-order valence-electron chi connectivity index (χ1n) is 18.7. The Balaban J connectivity index is 1.36. The van der Waals surface area contributed by atoms with E-state index >= 15 is 0 Å². The zero-order valence-electron chi connectivity index (χ0n) is 32.0. The molecule has 1 aliphatic rings. The smallest absolute Gasteiger partial charge is 0.280 e. The zero-order chi connectivity index (χ0) is 40.7. The Morgan fingerprint density at radius 2 is 0.772 bits per heavy atom. The molecule has 0 unspecified atom stereocenters. The second kappa shape index (κ2) is 20.4. The normalized spacial score (nSPS) is 14.7. The number of pyridine rings is 1. The van der Waals surface area contributed by atoms with Crippen LogP contribution in [0.4, 0.5) is 0 Å². The Kier molecular flexibility index (Phi) is 14.9. The fraction of sp³-hybridized carbons (Fsp3) is 0.293. The molecule has 0 radical (unpaired) electrons. The van der Waals surface area contributed by atoms with Gasteiger partial charge in [0.15, 0.2) is 17.9 Å². The SMILES string of the molecule is NC(N)=NC(=O)c1ccc(CN2CCCCN(Cc3ccc(C(=O)N=C(N)N)cc3)Cc3cccc(n3)CN(Cc3ccc(C(=O)N=C(N)N)cc3)CCC2)cc1. The first-order chi connectivity index (χ1) is 27.4. The standard InChI is InChI=1S/C41H51N13O3/c42-39(43)49-36(55)31-13-7-28(8-14-31)23-52-19-1-2-20-53(24-29-9-15-32(16-10-29)37(56)50-40(44)45)26-34-5-3-6-35(48-34)27-54(22-4-21-52)25-30-11-17-33(18-12-30)38(57)51-41(46)47/h3,5-18H,1-2,4,19-27H2,(H4,42,43,49,55)(H4,44,45,50,56)(H4,46,47,51,57). The molecule has 12 N–H and O–H groups in total. The minimum Gasteiger partial charge on any atom is -0.370 e. The molecule has 1 aromatic heterocycles. The average molecular weight is 774 g/mol. The van der Waals surface area contributed by atoms with Crippen LogP contribution in [0.3, 0.4) is 0 Å². The fourth-order valence-electron chi connectivity index (χ4n) is 6.63. The summed E-state index contributed by atoms with van der Waals surface area (Å²) < 4.78 is 0. The van der Waals surface area contributed by atoms with E-state index < -0.39 is 17.7 Å². The number of carbonyl (C=O) groups is 3. The highest BCUT2D eigenvalue weighted by atomic mass is 16.2. The summed E-state index contributed by atoms with van der Waals surface area (Å²) in [7, 11) is 0. The van der Waals surface area contributed by atoms with Gasteiger partial charge in [-0.2, -0.15) is 15.0 Å². The van der Waals surface area contributed by atoms with E-state index in [2.05, 4.69) is 47.9 Å². The van der Waals surface area contributed by atoms with Crippen molar-refractivity contribution < 1.29 is 14.4 Å². The van der Waals surface area contributed by atoms with Crippen molar-refractivity contribution in [3.63, 3.8) is 0 Å². The zero-order valence-corrected chi connectivity index (χ0v) is 32.0. The van der Waals surface area contributed by atoms with E-state index in [9.17, 15) is 14.4 Å². The summed E-state index contributed by atoms with van der Waals surface area (Å²) in [5.74, 6) is -2.28. The maximum absolute atomic E-state index is 12.4. The van der Waals surface area contributed by atoms with Crippen molar-refractivity contribution in [1.82, 2.24) is 19.7 Å². The highest BCUT2D eigenvalue weighted by Gasteiger charge is 2.16. The fourth-order valence-corrected chi connectivity index (χ4v) is 6.63. The molecular weight excluding hydrogens is 723 g/mol. The molecule has 0 aliphatic carbocycles. The van der Waals surface area contributed by atoms with Gasteiger partial charge in [0.1, 0.15) is 0 Å². The summed E-state index contributed by atoms with van der Waals surface area (Å²) in [6.07, 6.45) is 2.82. The van der Waals surface area contributed by atoms with Crippen LogP contribution in [-0.2, 0) is 32.7 Å². The molecule has 3 aromatic carbocycles. The lowest BCUT2D eigenvalue weighted by atomic mass is 10.1. The summed E-state index contributed by atoms with van der Waals surface area (Å²) in [5.41, 5.74) is 38.7. The molecule has 0 atom stereocenters. The maximum atomic E-state index is 12.4. The van der Waals surface area contributed by atoms with Gasteiger partial charge in [-0.1, -0.05) is 42.5 Å². The highest BCUT2D eigenvalue weighted by molar-refractivity contribution is 6.03. The van der Waals surface area contributed by atoms with Crippen molar-refractivity contribution in [2.24, 2.45) is 49.4 Å². The molecule has 0 fully saturated rings. The van der Waals surface area contributed by atoms with Crippen molar-refractivity contribution in [2.45, 2.75) is 52.0 Å².